The molecule has 1 amide bonds. The molecular formula is C20H26N2O. The Morgan fingerprint density at radius 1 is 1.04 bits per heavy atom. The summed E-state index contributed by atoms with van der Waals surface area (Å²) >= 11 is 0. The number of anilines is 1. The number of hydrogen-bond donors (Lipinski definition) is 0. The zero-order valence-electron chi connectivity index (χ0n) is 14.3. The van der Waals surface area contributed by atoms with Gasteiger partial charge in [0.15, 0.2) is 0 Å². The van der Waals surface area contributed by atoms with E-state index in [4.69, 9.17) is 0 Å². The molecule has 0 radical (unpaired) electrons. The minimum absolute atomic E-state index is 0.181. The molecule has 3 heteroatoms. The first-order valence-corrected chi connectivity index (χ1v) is 8.19. The molecule has 2 aromatic rings. The Morgan fingerprint density at radius 2 is 1.78 bits per heavy atom. The van der Waals surface area contributed by atoms with Crippen molar-refractivity contribution in [1.29, 1.82) is 0 Å². The third-order valence-electron chi connectivity index (χ3n) is 4.03. The second kappa shape index (κ2) is 8.37. The Morgan fingerprint density at radius 3 is 2.43 bits per heavy atom. The first kappa shape index (κ1) is 17.1. The molecule has 0 aliphatic rings. The van der Waals surface area contributed by atoms with Crippen LogP contribution in [0.1, 0.15) is 24.5 Å². The summed E-state index contributed by atoms with van der Waals surface area (Å²) in [5, 5.41) is 0. The molecule has 0 saturated heterocycles. The van der Waals surface area contributed by atoms with Crippen molar-refractivity contribution in [2.24, 2.45) is 0 Å². The van der Waals surface area contributed by atoms with Crippen molar-refractivity contribution in [3.05, 3.63) is 65.7 Å². The van der Waals surface area contributed by atoms with Gasteiger partial charge in [-0.3, -0.25) is 4.79 Å². The van der Waals surface area contributed by atoms with Crippen LogP contribution in [0.4, 0.5) is 5.69 Å². The Kier molecular flexibility index (Phi) is 6.21. The molecule has 0 aliphatic heterocycles. The highest BCUT2D eigenvalue weighted by Gasteiger charge is 2.12. The van der Waals surface area contributed by atoms with Crippen LogP contribution in [0.2, 0.25) is 0 Å². The largest absolute Gasteiger partial charge is 0.371 e. The average molecular weight is 310 g/mol. The zero-order valence-corrected chi connectivity index (χ0v) is 14.3. The molecule has 0 heterocycles. The van der Waals surface area contributed by atoms with Gasteiger partial charge in [-0.1, -0.05) is 42.5 Å². The molecule has 0 fully saturated rings. The average Bonchev–Trinajstić information content (AvgIpc) is 2.56. The van der Waals surface area contributed by atoms with Crippen LogP contribution in [-0.2, 0) is 11.3 Å². The lowest BCUT2D eigenvalue weighted by Gasteiger charge is -2.25. The van der Waals surface area contributed by atoms with E-state index in [9.17, 15) is 4.79 Å². The molecule has 0 bridgehead atoms. The quantitative estimate of drug-likeness (QED) is 0.775. The minimum atomic E-state index is 0.181. The van der Waals surface area contributed by atoms with Crippen LogP contribution >= 0.6 is 0 Å². The monoisotopic (exact) mass is 310 g/mol. The summed E-state index contributed by atoms with van der Waals surface area (Å²) in [5.74, 6) is 0.181. The first-order chi connectivity index (χ1) is 11.1. The van der Waals surface area contributed by atoms with Crippen molar-refractivity contribution >= 4 is 11.6 Å². The van der Waals surface area contributed by atoms with Crippen molar-refractivity contribution in [2.45, 2.75) is 26.8 Å². The summed E-state index contributed by atoms with van der Waals surface area (Å²) in [6.07, 6.45) is 0.533. The van der Waals surface area contributed by atoms with Crippen LogP contribution in [-0.4, -0.2) is 30.9 Å². The first-order valence-electron chi connectivity index (χ1n) is 8.19. The van der Waals surface area contributed by atoms with Gasteiger partial charge in [0.05, 0.1) is 0 Å². The van der Waals surface area contributed by atoms with E-state index in [1.165, 1.54) is 11.3 Å². The van der Waals surface area contributed by atoms with Gasteiger partial charge >= 0.3 is 0 Å². The van der Waals surface area contributed by atoms with Gasteiger partial charge in [-0.25, -0.2) is 0 Å². The van der Waals surface area contributed by atoms with E-state index in [2.05, 4.69) is 55.1 Å². The van der Waals surface area contributed by atoms with Crippen molar-refractivity contribution in [3.8, 4) is 0 Å². The van der Waals surface area contributed by atoms with Crippen molar-refractivity contribution in [3.63, 3.8) is 0 Å². The summed E-state index contributed by atoms with van der Waals surface area (Å²) < 4.78 is 0. The molecule has 0 saturated carbocycles. The van der Waals surface area contributed by atoms with Gasteiger partial charge in [-0.15, -0.1) is 0 Å². The lowest BCUT2D eigenvalue weighted by atomic mass is 10.2. The van der Waals surface area contributed by atoms with Gasteiger partial charge < -0.3 is 9.80 Å². The second-order valence-corrected chi connectivity index (χ2v) is 5.90. The number of hydrogen-bond acceptors (Lipinski definition) is 2. The molecule has 0 aliphatic carbocycles. The van der Waals surface area contributed by atoms with Crippen LogP contribution in [0, 0.1) is 6.92 Å². The minimum Gasteiger partial charge on any atom is -0.371 e. The van der Waals surface area contributed by atoms with Crippen molar-refractivity contribution in [2.75, 3.05) is 25.0 Å². The number of nitrogens with zero attached hydrogens (tertiary/aromatic N) is 2. The zero-order chi connectivity index (χ0) is 16.7. The lowest BCUT2D eigenvalue weighted by molar-refractivity contribution is -0.130. The maximum atomic E-state index is 12.4. The van der Waals surface area contributed by atoms with E-state index in [0.717, 1.165) is 18.7 Å². The Bertz CT molecular complexity index is 625. The lowest BCUT2D eigenvalue weighted by Crippen LogP contribution is -2.32. The number of carbonyl (C=O) groups excluding carboxylic acids is 1. The highest BCUT2D eigenvalue weighted by Crippen LogP contribution is 2.16. The Hall–Kier alpha value is -2.29. The third-order valence-corrected chi connectivity index (χ3v) is 4.03. The Balaban J connectivity index is 1.89. The van der Waals surface area contributed by atoms with Crippen molar-refractivity contribution in [1.82, 2.24) is 4.90 Å². The van der Waals surface area contributed by atoms with Crippen LogP contribution in [0.3, 0.4) is 0 Å². The summed E-state index contributed by atoms with van der Waals surface area (Å²) in [7, 11) is 1.87. The summed E-state index contributed by atoms with van der Waals surface area (Å²) in [5.41, 5.74) is 3.59. The van der Waals surface area contributed by atoms with Crippen LogP contribution < -0.4 is 4.90 Å². The van der Waals surface area contributed by atoms with E-state index in [0.29, 0.717) is 13.0 Å². The van der Waals surface area contributed by atoms with Gasteiger partial charge in [-0.05, 0) is 37.1 Å². The molecule has 0 aromatic heterocycles. The van der Waals surface area contributed by atoms with Gasteiger partial charge in [-0.2, -0.15) is 0 Å². The molecular weight excluding hydrogens is 284 g/mol. The molecule has 0 spiro atoms. The topological polar surface area (TPSA) is 23.6 Å². The summed E-state index contributed by atoms with van der Waals surface area (Å²) in [6.45, 7) is 6.53. The van der Waals surface area contributed by atoms with Gasteiger partial charge in [0.25, 0.3) is 0 Å². The standard InChI is InChI=1S/C20H26N2O/c1-4-22(19-12-8-9-17(2)15-19)14-13-20(23)21(3)16-18-10-6-5-7-11-18/h5-12,15H,4,13-14,16H2,1-3H3. The van der Waals surface area contributed by atoms with Crippen molar-refractivity contribution < 1.29 is 4.79 Å². The molecule has 2 aromatic carbocycles. The predicted molar refractivity (Wildman–Crippen MR) is 96.6 cm³/mol. The number of amides is 1. The van der Waals surface area contributed by atoms with Crippen LogP contribution in [0.25, 0.3) is 0 Å². The molecule has 0 unspecified atom stereocenters. The molecule has 0 N–H and O–H groups in total. The van der Waals surface area contributed by atoms with Gasteiger partial charge in [0.2, 0.25) is 5.91 Å². The maximum Gasteiger partial charge on any atom is 0.224 e. The maximum absolute atomic E-state index is 12.4. The predicted octanol–water partition coefficient (Wildman–Crippen LogP) is 3.87. The third kappa shape index (κ3) is 5.13. The summed E-state index contributed by atoms with van der Waals surface area (Å²) in [4.78, 5) is 16.4. The van der Waals surface area contributed by atoms with E-state index in [1.807, 2.05) is 25.2 Å². The summed E-state index contributed by atoms with van der Waals surface area (Å²) in [6, 6.07) is 18.5. The molecule has 3 nitrogen and oxygen atoms in total. The van der Waals surface area contributed by atoms with E-state index in [1.54, 1.807) is 4.90 Å². The van der Waals surface area contributed by atoms with Gasteiger partial charge in [0.1, 0.15) is 0 Å². The number of benzene rings is 2. The fourth-order valence-electron chi connectivity index (χ4n) is 2.66. The number of aryl methyl sites for hydroxylation is 1. The van der Waals surface area contributed by atoms with E-state index in [-0.39, 0.29) is 5.91 Å². The molecule has 0 atom stereocenters. The SMILES string of the molecule is CCN(CCC(=O)N(C)Cc1ccccc1)c1cccc(C)c1. The van der Waals surface area contributed by atoms with E-state index >= 15 is 0 Å². The molecule has 2 rings (SSSR count). The second-order valence-electron chi connectivity index (χ2n) is 5.90. The fraction of sp³-hybridized carbons (Fsp3) is 0.350. The fourth-order valence-corrected chi connectivity index (χ4v) is 2.66. The highest BCUT2D eigenvalue weighted by molar-refractivity contribution is 5.76. The highest BCUT2D eigenvalue weighted by atomic mass is 16.2. The van der Waals surface area contributed by atoms with Crippen LogP contribution in [0.15, 0.2) is 54.6 Å². The molecule has 23 heavy (non-hydrogen) atoms. The van der Waals surface area contributed by atoms with Gasteiger partial charge in [0, 0.05) is 38.8 Å². The number of carbonyl (C=O) groups is 1. The van der Waals surface area contributed by atoms with Crippen LogP contribution in [0.5, 0.6) is 0 Å². The molecule has 122 valence electrons. The number of rotatable bonds is 7. The normalized spacial score (nSPS) is 10.4. The van der Waals surface area contributed by atoms with E-state index < -0.39 is 0 Å². The smallest absolute Gasteiger partial charge is 0.224 e. The Labute approximate surface area is 139 Å².